The first-order chi connectivity index (χ1) is 15.7. The van der Waals surface area contributed by atoms with E-state index in [1.54, 1.807) is 0 Å². The Hall–Kier alpha value is -2.79. The van der Waals surface area contributed by atoms with Crippen LogP contribution in [0.5, 0.6) is 0 Å². The van der Waals surface area contributed by atoms with E-state index in [-0.39, 0.29) is 12.7 Å². The Morgan fingerprint density at radius 1 is 1.16 bits per heavy atom. The van der Waals surface area contributed by atoms with Crippen molar-refractivity contribution in [1.29, 1.82) is 0 Å². The van der Waals surface area contributed by atoms with Gasteiger partial charge in [-0.1, -0.05) is 43.8 Å². The molecule has 1 fully saturated rings. The van der Waals surface area contributed by atoms with Gasteiger partial charge in [-0.05, 0) is 48.6 Å². The second-order valence-corrected chi connectivity index (χ2v) is 9.09. The predicted octanol–water partition coefficient (Wildman–Crippen LogP) is 5.49. The van der Waals surface area contributed by atoms with Crippen molar-refractivity contribution in [2.45, 2.75) is 38.3 Å². The molecule has 168 valence electrons. The zero-order valence-corrected chi connectivity index (χ0v) is 18.9. The van der Waals surface area contributed by atoms with Gasteiger partial charge in [0.05, 0.1) is 18.8 Å². The number of para-hydroxylation sites is 1. The average molecular weight is 433 g/mol. The number of hydrogen-bond acceptors (Lipinski definition) is 3. The van der Waals surface area contributed by atoms with Gasteiger partial charge < -0.3 is 15.2 Å². The van der Waals surface area contributed by atoms with E-state index in [4.69, 9.17) is 0 Å². The average Bonchev–Trinajstić information content (AvgIpc) is 3.18. The number of allylic oxidation sites excluding steroid dienone is 1. The van der Waals surface area contributed by atoms with E-state index in [2.05, 4.69) is 82.1 Å². The quantitative estimate of drug-likeness (QED) is 0.494. The van der Waals surface area contributed by atoms with Crippen LogP contribution in [-0.4, -0.2) is 53.7 Å². The summed E-state index contributed by atoms with van der Waals surface area (Å²) >= 11 is 0. The van der Waals surface area contributed by atoms with Gasteiger partial charge in [0.1, 0.15) is 0 Å². The number of H-pyrrole nitrogens is 1. The standard InChI is InChI=1S/C27H33FN4/c1-3-19(2)32-16-13-24-23-7-4-5-8-25(23)30-26(24)27(32)20-9-11-21(12-10-20)29-22-17-31(18-22)15-6-14-28/h4-5,7-12,22,27,29-30H,2-3,6,13-18H2,1H3/t27-/m1/s1. The van der Waals surface area contributed by atoms with Crippen LogP contribution in [0.15, 0.2) is 60.8 Å². The van der Waals surface area contributed by atoms with Gasteiger partial charge in [-0.25, -0.2) is 0 Å². The highest BCUT2D eigenvalue weighted by Gasteiger charge is 2.32. The first-order valence-corrected chi connectivity index (χ1v) is 11.9. The van der Waals surface area contributed by atoms with Crippen LogP contribution in [0, 0.1) is 0 Å². The highest BCUT2D eigenvalue weighted by atomic mass is 19.1. The SMILES string of the molecule is C=C(CC)N1CCc2c([nH]c3ccccc23)[C@H]1c1ccc(NC2CN(CCCF)C2)cc1. The molecule has 3 heterocycles. The molecule has 0 unspecified atom stereocenters. The number of nitrogens with zero attached hydrogens (tertiary/aromatic N) is 2. The van der Waals surface area contributed by atoms with E-state index in [1.807, 2.05) is 0 Å². The Balaban J connectivity index is 1.38. The maximum absolute atomic E-state index is 12.3. The minimum atomic E-state index is -0.225. The third-order valence-corrected chi connectivity index (χ3v) is 7.01. The third kappa shape index (κ3) is 3.90. The van der Waals surface area contributed by atoms with E-state index >= 15 is 0 Å². The van der Waals surface area contributed by atoms with Crippen LogP contribution in [0.25, 0.3) is 10.9 Å². The van der Waals surface area contributed by atoms with E-state index in [9.17, 15) is 4.39 Å². The number of aromatic nitrogens is 1. The first kappa shape index (κ1) is 21.1. The number of anilines is 1. The lowest BCUT2D eigenvalue weighted by molar-refractivity contribution is 0.155. The fraction of sp³-hybridized carbons (Fsp3) is 0.407. The number of halogens is 1. The summed E-state index contributed by atoms with van der Waals surface area (Å²) in [5.41, 5.74) is 7.58. The number of rotatable bonds is 8. The van der Waals surface area contributed by atoms with Crippen LogP contribution < -0.4 is 5.32 Å². The maximum Gasteiger partial charge on any atom is 0.0944 e. The number of hydrogen-bond donors (Lipinski definition) is 2. The summed E-state index contributed by atoms with van der Waals surface area (Å²) in [5, 5.41) is 4.97. The summed E-state index contributed by atoms with van der Waals surface area (Å²) in [6.45, 7) is 10.2. The molecule has 1 aromatic heterocycles. The molecule has 3 aromatic rings. The lowest BCUT2D eigenvalue weighted by Gasteiger charge is -2.40. The molecule has 2 aliphatic heterocycles. The van der Waals surface area contributed by atoms with Crippen LogP contribution in [0.1, 0.15) is 42.6 Å². The van der Waals surface area contributed by atoms with Crippen LogP contribution in [0.2, 0.25) is 0 Å². The summed E-state index contributed by atoms with van der Waals surface area (Å²) in [6, 6.07) is 18.1. The van der Waals surface area contributed by atoms with Gasteiger partial charge in [0.15, 0.2) is 0 Å². The molecular weight excluding hydrogens is 399 g/mol. The van der Waals surface area contributed by atoms with Crippen LogP contribution in [0.4, 0.5) is 10.1 Å². The predicted molar refractivity (Wildman–Crippen MR) is 131 cm³/mol. The normalized spacial score (nSPS) is 19.1. The second kappa shape index (κ2) is 8.99. The van der Waals surface area contributed by atoms with Gasteiger partial charge in [0.25, 0.3) is 0 Å². The summed E-state index contributed by atoms with van der Waals surface area (Å²) in [6.07, 6.45) is 2.62. The minimum absolute atomic E-state index is 0.160. The molecule has 0 saturated carbocycles. The fourth-order valence-electron chi connectivity index (χ4n) is 5.26. The highest BCUT2D eigenvalue weighted by Crippen LogP contribution is 2.40. The lowest BCUT2D eigenvalue weighted by atomic mass is 9.91. The molecule has 1 atom stereocenters. The second-order valence-electron chi connectivity index (χ2n) is 9.09. The van der Waals surface area contributed by atoms with Crippen molar-refractivity contribution in [2.75, 3.05) is 38.2 Å². The third-order valence-electron chi connectivity index (χ3n) is 7.01. The van der Waals surface area contributed by atoms with Crippen LogP contribution in [0.3, 0.4) is 0 Å². The summed E-state index contributed by atoms with van der Waals surface area (Å²) < 4.78 is 12.3. The van der Waals surface area contributed by atoms with Crippen molar-refractivity contribution < 1.29 is 4.39 Å². The van der Waals surface area contributed by atoms with Crippen LogP contribution >= 0.6 is 0 Å². The van der Waals surface area contributed by atoms with Gasteiger partial charge in [-0.2, -0.15) is 0 Å². The molecule has 0 spiro atoms. The van der Waals surface area contributed by atoms with E-state index in [0.717, 1.165) is 44.7 Å². The minimum Gasteiger partial charge on any atom is -0.380 e. The molecule has 2 N–H and O–H groups in total. The molecule has 1 saturated heterocycles. The molecule has 0 bridgehead atoms. The first-order valence-electron chi connectivity index (χ1n) is 11.9. The monoisotopic (exact) mass is 432 g/mol. The fourth-order valence-corrected chi connectivity index (χ4v) is 5.26. The Kier molecular flexibility index (Phi) is 5.92. The number of benzene rings is 2. The van der Waals surface area contributed by atoms with Crippen molar-refractivity contribution in [1.82, 2.24) is 14.8 Å². The highest BCUT2D eigenvalue weighted by molar-refractivity contribution is 5.85. The zero-order chi connectivity index (χ0) is 22.1. The van der Waals surface area contributed by atoms with E-state index < -0.39 is 0 Å². The Bertz CT molecular complexity index is 1080. The van der Waals surface area contributed by atoms with Crippen molar-refractivity contribution in [3.63, 3.8) is 0 Å². The number of likely N-dealkylation sites (tertiary alicyclic amines) is 1. The molecule has 5 rings (SSSR count). The van der Waals surface area contributed by atoms with Crippen LogP contribution in [-0.2, 0) is 6.42 Å². The van der Waals surface area contributed by atoms with Gasteiger partial charge in [-0.3, -0.25) is 9.29 Å². The molecule has 32 heavy (non-hydrogen) atoms. The van der Waals surface area contributed by atoms with Gasteiger partial charge in [-0.15, -0.1) is 0 Å². The van der Waals surface area contributed by atoms with E-state index in [1.165, 1.54) is 33.4 Å². The Morgan fingerprint density at radius 3 is 2.69 bits per heavy atom. The Morgan fingerprint density at radius 2 is 1.94 bits per heavy atom. The lowest BCUT2D eigenvalue weighted by Crippen LogP contribution is -2.54. The molecule has 0 aliphatic carbocycles. The molecule has 0 radical (unpaired) electrons. The van der Waals surface area contributed by atoms with Gasteiger partial charge >= 0.3 is 0 Å². The number of nitrogens with one attached hydrogen (secondary N) is 2. The summed E-state index contributed by atoms with van der Waals surface area (Å²) in [7, 11) is 0. The molecule has 5 heteroatoms. The molecule has 2 aromatic carbocycles. The van der Waals surface area contributed by atoms with Crippen molar-refractivity contribution in [3.8, 4) is 0 Å². The molecule has 4 nitrogen and oxygen atoms in total. The molecule has 2 aliphatic rings. The summed E-state index contributed by atoms with van der Waals surface area (Å²) in [4.78, 5) is 8.50. The van der Waals surface area contributed by atoms with Gasteiger partial charge in [0.2, 0.25) is 0 Å². The van der Waals surface area contributed by atoms with E-state index in [0.29, 0.717) is 12.5 Å². The summed E-state index contributed by atoms with van der Waals surface area (Å²) in [5.74, 6) is 0. The zero-order valence-electron chi connectivity index (χ0n) is 18.9. The van der Waals surface area contributed by atoms with Crippen molar-refractivity contribution in [3.05, 3.63) is 77.6 Å². The molecular formula is C27H33FN4. The van der Waals surface area contributed by atoms with Gasteiger partial charge in [0, 0.05) is 54.2 Å². The van der Waals surface area contributed by atoms with Crippen molar-refractivity contribution >= 4 is 16.6 Å². The smallest absolute Gasteiger partial charge is 0.0944 e. The Labute approximate surface area is 190 Å². The number of aromatic amines is 1. The number of fused-ring (bicyclic) bond motifs is 3. The molecule has 0 amide bonds. The number of alkyl halides is 1. The largest absolute Gasteiger partial charge is 0.380 e. The van der Waals surface area contributed by atoms with Crippen molar-refractivity contribution in [2.24, 2.45) is 0 Å². The topological polar surface area (TPSA) is 34.3 Å². The maximum atomic E-state index is 12.3.